The highest BCUT2D eigenvalue weighted by Crippen LogP contribution is 2.38. The number of rotatable bonds is 3. The van der Waals surface area contributed by atoms with Crippen molar-refractivity contribution in [1.29, 1.82) is 0 Å². The van der Waals surface area contributed by atoms with Gasteiger partial charge in [-0.1, -0.05) is 28.1 Å². The molecule has 3 rings (SSSR count). The molecule has 0 saturated carbocycles. The van der Waals surface area contributed by atoms with Crippen LogP contribution in [0.5, 0.6) is 0 Å². The number of benzene rings is 1. The van der Waals surface area contributed by atoms with E-state index in [-0.39, 0.29) is 0 Å². The average Bonchev–Trinajstić information content (AvgIpc) is 2.96. The number of fused-ring (bicyclic) bond motifs is 1. The van der Waals surface area contributed by atoms with Crippen LogP contribution < -0.4 is 5.32 Å². The van der Waals surface area contributed by atoms with Crippen molar-refractivity contribution in [2.24, 2.45) is 0 Å². The van der Waals surface area contributed by atoms with Crippen LogP contribution in [0.3, 0.4) is 0 Å². The van der Waals surface area contributed by atoms with Crippen LogP contribution in [0.15, 0.2) is 22.7 Å². The minimum atomic E-state index is 0.389. The zero-order valence-corrected chi connectivity index (χ0v) is 14.7. The molecule has 0 aliphatic heterocycles. The predicted octanol–water partition coefficient (Wildman–Crippen LogP) is 4.94. The maximum Gasteiger partial charge on any atom is 0.0828 e. The van der Waals surface area contributed by atoms with Gasteiger partial charge in [0.05, 0.1) is 23.1 Å². The molecule has 0 spiro atoms. The van der Waals surface area contributed by atoms with E-state index in [2.05, 4.69) is 76.9 Å². The molecule has 1 unspecified atom stereocenters. The first-order valence-electron chi connectivity index (χ1n) is 7.58. The van der Waals surface area contributed by atoms with Gasteiger partial charge in [-0.2, -0.15) is 5.10 Å². The zero-order chi connectivity index (χ0) is 15.1. The first-order chi connectivity index (χ1) is 9.99. The van der Waals surface area contributed by atoms with Crippen LogP contribution in [0.25, 0.3) is 0 Å². The van der Waals surface area contributed by atoms with Crippen LogP contribution >= 0.6 is 15.9 Å². The highest BCUT2D eigenvalue weighted by atomic mass is 79.9. The third-order valence-corrected chi connectivity index (χ3v) is 5.09. The van der Waals surface area contributed by atoms with Gasteiger partial charge in [0.15, 0.2) is 0 Å². The molecule has 21 heavy (non-hydrogen) atoms. The van der Waals surface area contributed by atoms with Gasteiger partial charge in [-0.3, -0.25) is 4.68 Å². The molecule has 1 aliphatic carbocycles. The minimum absolute atomic E-state index is 0.389. The summed E-state index contributed by atoms with van der Waals surface area (Å²) in [7, 11) is 0. The lowest BCUT2D eigenvalue weighted by Gasteiger charge is -2.17. The standard InChI is InChI=1S/C17H22BrN3/c1-10(2)21-12(4)17(11(3)20-21)19-16-9-8-13-14(16)6-5-7-15(13)18/h5-7,10,16,19H,8-9H2,1-4H3. The topological polar surface area (TPSA) is 29.9 Å². The van der Waals surface area contributed by atoms with Crippen molar-refractivity contribution in [3.8, 4) is 0 Å². The summed E-state index contributed by atoms with van der Waals surface area (Å²) in [5.74, 6) is 0. The number of aryl methyl sites for hydroxylation is 1. The lowest BCUT2D eigenvalue weighted by atomic mass is 10.1. The van der Waals surface area contributed by atoms with Crippen molar-refractivity contribution in [3.05, 3.63) is 45.2 Å². The predicted molar refractivity (Wildman–Crippen MR) is 90.9 cm³/mol. The molecule has 1 aromatic heterocycles. The Morgan fingerprint density at radius 2 is 2.10 bits per heavy atom. The number of nitrogens with zero attached hydrogens (tertiary/aromatic N) is 2. The molecular formula is C17H22BrN3. The number of hydrogen-bond donors (Lipinski definition) is 1. The molecule has 2 aromatic rings. The fourth-order valence-electron chi connectivity index (χ4n) is 3.31. The van der Waals surface area contributed by atoms with Crippen molar-refractivity contribution in [1.82, 2.24) is 9.78 Å². The Bertz CT molecular complexity index is 673. The van der Waals surface area contributed by atoms with Gasteiger partial charge in [-0.05, 0) is 57.7 Å². The Morgan fingerprint density at radius 1 is 1.33 bits per heavy atom. The van der Waals surface area contributed by atoms with Gasteiger partial charge in [-0.15, -0.1) is 0 Å². The van der Waals surface area contributed by atoms with E-state index in [0.717, 1.165) is 18.5 Å². The minimum Gasteiger partial charge on any atom is -0.375 e. The van der Waals surface area contributed by atoms with Gasteiger partial charge in [0.2, 0.25) is 0 Å². The van der Waals surface area contributed by atoms with Crippen molar-refractivity contribution < 1.29 is 0 Å². The van der Waals surface area contributed by atoms with Crippen molar-refractivity contribution >= 4 is 21.6 Å². The Labute approximate surface area is 134 Å². The molecule has 0 bridgehead atoms. The maximum atomic E-state index is 4.67. The van der Waals surface area contributed by atoms with E-state index in [9.17, 15) is 0 Å². The van der Waals surface area contributed by atoms with Crippen molar-refractivity contribution in [2.45, 2.75) is 52.6 Å². The van der Waals surface area contributed by atoms with E-state index in [4.69, 9.17) is 0 Å². The molecule has 4 heteroatoms. The summed E-state index contributed by atoms with van der Waals surface area (Å²) in [5.41, 5.74) is 6.37. The first-order valence-corrected chi connectivity index (χ1v) is 8.38. The first kappa shape index (κ1) is 14.6. The number of nitrogens with one attached hydrogen (secondary N) is 1. The smallest absolute Gasteiger partial charge is 0.0828 e. The molecule has 1 heterocycles. The third-order valence-electron chi connectivity index (χ3n) is 4.35. The number of aromatic nitrogens is 2. The second-order valence-corrected chi connectivity index (χ2v) is 6.98. The monoisotopic (exact) mass is 347 g/mol. The van der Waals surface area contributed by atoms with Crippen LogP contribution in [0, 0.1) is 13.8 Å². The molecule has 1 aromatic carbocycles. The molecule has 0 fully saturated rings. The van der Waals surface area contributed by atoms with Gasteiger partial charge in [0.25, 0.3) is 0 Å². The SMILES string of the molecule is Cc1nn(C(C)C)c(C)c1NC1CCc2c(Br)cccc21. The Kier molecular flexibility index (Phi) is 3.82. The summed E-state index contributed by atoms with van der Waals surface area (Å²) in [6.07, 6.45) is 2.27. The average molecular weight is 348 g/mol. The van der Waals surface area contributed by atoms with E-state index >= 15 is 0 Å². The van der Waals surface area contributed by atoms with E-state index < -0.39 is 0 Å². The largest absolute Gasteiger partial charge is 0.375 e. The van der Waals surface area contributed by atoms with Crippen LogP contribution in [0.4, 0.5) is 5.69 Å². The molecule has 1 N–H and O–H groups in total. The Balaban J connectivity index is 1.92. The third kappa shape index (κ3) is 2.50. The van der Waals surface area contributed by atoms with Crippen LogP contribution in [0.2, 0.25) is 0 Å². The van der Waals surface area contributed by atoms with E-state index in [0.29, 0.717) is 12.1 Å². The second kappa shape index (κ2) is 5.48. The Morgan fingerprint density at radius 3 is 2.76 bits per heavy atom. The van der Waals surface area contributed by atoms with Gasteiger partial charge >= 0.3 is 0 Å². The van der Waals surface area contributed by atoms with Gasteiger partial charge < -0.3 is 5.32 Å². The molecule has 0 radical (unpaired) electrons. The number of anilines is 1. The quantitative estimate of drug-likeness (QED) is 0.851. The van der Waals surface area contributed by atoms with Crippen LogP contribution in [-0.2, 0) is 6.42 Å². The zero-order valence-electron chi connectivity index (χ0n) is 13.1. The van der Waals surface area contributed by atoms with E-state index in [1.54, 1.807) is 0 Å². The van der Waals surface area contributed by atoms with Crippen LogP contribution in [-0.4, -0.2) is 9.78 Å². The van der Waals surface area contributed by atoms with Crippen molar-refractivity contribution in [2.75, 3.05) is 5.32 Å². The molecule has 0 saturated heterocycles. The van der Waals surface area contributed by atoms with Gasteiger partial charge in [0, 0.05) is 10.5 Å². The number of halogens is 1. The molecule has 0 amide bonds. The molecular weight excluding hydrogens is 326 g/mol. The summed E-state index contributed by atoms with van der Waals surface area (Å²) >= 11 is 3.67. The fourth-order valence-corrected chi connectivity index (χ4v) is 3.89. The maximum absolute atomic E-state index is 4.67. The lowest BCUT2D eigenvalue weighted by Crippen LogP contribution is -2.09. The van der Waals surface area contributed by atoms with Crippen LogP contribution in [0.1, 0.15) is 54.9 Å². The molecule has 1 atom stereocenters. The summed E-state index contributed by atoms with van der Waals surface area (Å²) in [4.78, 5) is 0. The summed E-state index contributed by atoms with van der Waals surface area (Å²) in [6.45, 7) is 8.58. The summed E-state index contributed by atoms with van der Waals surface area (Å²) in [6, 6.07) is 7.28. The summed E-state index contributed by atoms with van der Waals surface area (Å²) < 4.78 is 3.34. The van der Waals surface area contributed by atoms with Gasteiger partial charge in [0.1, 0.15) is 0 Å². The molecule has 112 valence electrons. The summed E-state index contributed by atoms with van der Waals surface area (Å²) in [5, 5.41) is 8.40. The van der Waals surface area contributed by atoms with Gasteiger partial charge in [-0.25, -0.2) is 0 Å². The highest BCUT2D eigenvalue weighted by Gasteiger charge is 2.25. The van der Waals surface area contributed by atoms with E-state index in [1.165, 1.54) is 27.0 Å². The highest BCUT2D eigenvalue weighted by molar-refractivity contribution is 9.10. The van der Waals surface area contributed by atoms with E-state index in [1.807, 2.05) is 0 Å². The van der Waals surface area contributed by atoms with Crippen molar-refractivity contribution in [3.63, 3.8) is 0 Å². The fraction of sp³-hybridized carbons (Fsp3) is 0.471. The normalized spacial score (nSPS) is 17.3. The number of hydrogen-bond acceptors (Lipinski definition) is 2. The molecule has 1 aliphatic rings. The Hall–Kier alpha value is -1.29. The second-order valence-electron chi connectivity index (χ2n) is 6.13. The molecule has 3 nitrogen and oxygen atoms in total. The lowest BCUT2D eigenvalue weighted by molar-refractivity contribution is 0.516.